The monoisotopic (exact) mass is 385 g/mol. The van der Waals surface area contributed by atoms with Gasteiger partial charge in [0.15, 0.2) is 0 Å². The van der Waals surface area contributed by atoms with E-state index in [1.165, 1.54) is 23.1 Å². The lowest BCUT2D eigenvalue weighted by atomic mass is 9.95. The first kappa shape index (κ1) is 19.0. The number of phenols is 1. The number of nitrogens with zero attached hydrogens (tertiary/aromatic N) is 1. The minimum Gasteiger partial charge on any atom is -0.508 e. The molecule has 1 saturated heterocycles. The third-order valence-electron chi connectivity index (χ3n) is 4.58. The van der Waals surface area contributed by atoms with Gasteiger partial charge in [0.25, 0.3) is 11.7 Å². The molecule has 1 atom stereocenters. The summed E-state index contributed by atoms with van der Waals surface area (Å²) in [6, 6.07) is 12.1. The molecule has 0 radical (unpaired) electrons. The van der Waals surface area contributed by atoms with Crippen molar-refractivity contribution < 1.29 is 19.8 Å². The van der Waals surface area contributed by atoms with Crippen LogP contribution in [0.4, 0.5) is 0 Å². The second kappa shape index (κ2) is 7.84. The smallest absolute Gasteiger partial charge is 0.295 e. The Bertz CT molecular complexity index is 922. The van der Waals surface area contributed by atoms with Crippen molar-refractivity contribution in [1.29, 1.82) is 0 Å². The molecule has 1 fully saturated rings. The van der Waals surface area contributed by atoms with Crippen molar-refractivity contribution in [2.75, 3.05) is 6.54 Å². The normalized spacial score (nSPS) is 18.9. The van der Waals surface area contributed by atoms with Crippen molar-refractivity contribution in [3.63, 3.8) is 0 Å². The van der Waals surface area contributed by atoms with Gasteiger partial charge in [0.1, 0.15) is 11.5 Å². The predicted molar refractivity (Wildman–Crippen MR) is 103 cm³/mol. The number of aliphatic hydroxyl groups is 1. The van der Waals surface area contributed by atoms with Gasteiger partial charge >= 0.3 is 0 Å². The lowest BCUT2D eigenvalue weighted by molar-refractivity contribution is -0.139. The second-order valence-electron chi connectivity index (χ2n) is 6.45. The Morgan fingerprint density at radius 1 is 1.15 bits per heavy atom. The van der Waals surface area contributed by atoms with Gasteiger partial charge in [-0.25, -0.2) is 0 Å². The second-order valence-corrected chi connectivity index (χ2v) is 6.89. The third-order valence-corrected chi connectivity index (χ3v) is 4.81. The van der Waals surface area contributed by atoms with Gasteiger partial charge in [-0.2, -0.15) is 0 Å². The van der Waals surface area contributed by atoms with Crippen LogP contribution < -0.4 is 0 Å². The number of unbranched alkanes of at least 4 members (excludes halogenated alkanes) is 1. The summed E-state index contributed by atoms with van der Waals surface area (Å²) in [7, 11) is 0. The Kier molecular flexibility index (Phi) is 5.51. The molecule has 1 unspecified atom stereocenters. The zero-order chi connectivity index (χ0) is 19.6. The van der Waals surface area contributed by atoms with Gasteiger partial charge < -0.3 is 15.1 Å². The number of phenolic OH excluding ortho intramolecular Hbond substituents is 1. The number of carbonyl (C=O) groups excluding carboxylic acids is 2. The van der Waals surface area contributed by atoms with Crippen LogP contribution in [-0.2, 0) is 9.59 Å². The van der Waals surface area contributed by atoms with E-state index < -0.39 is 17.7 Å². The van der Waals surface area contributed by atoms with Crippen molar-refractivity contribution in [2.45, 2.75) is 25.8 Å². The summed E-state index contributed by atoms with van der Waals surface area (Å²) in [5, 5.41) is 21.1. The van der Waals surface area contributed by atoms with Crippen molar-refractivity contribution in [3.05, 3.63) is 70.3 Å². The number of hydrogen-bond acceptors (Lipinski definition) is 4. The van der Waals surface area contributed by atoms with Gasteiger partial charge in [0.2, 0.25) is 0 Å². The molecule has 3 rings (SSSR count). The number of hydrogen-bond donors (Lipinski definition) is 2. The minimum absolute atomic E-state index is 0.00368. The van der Waals surface area contributed by atoms with Crippen molar-refractivity contribution in [1.82, 2.24) is 4.90 Å². The lowest BCUT2D eigenvalue weighted by Crippen LogP contribution is -2.30. The summed E-state index contributed by atoms with van der Waals surface area (Å²) in [6.07, 6.45) is 1.57. The van der Waals surface area contributed by atoms with Crippen molar-refractivity contribution in [3.8, 4) is 5.75 Å². The van der Waals surface area contributed by atoms with Crippen LogP contribution in [0.25, 0.3) is 5.76 Å². The maximum absolute atomic E-state index is 12.7. The van der Waals surface area contributed by atoms with Crippen LogP contribution in [0.1, 0.15) is 36.9 Å². The summed E-state index contributed by atoms with van der Waals surface area (Å²) in [6.45, 7) is 2.37. The maximum atomic E-state index is 12.7. The number of rotatable bonds is 5. The van der Waals surface area contributed by atoms with E-state index in [1.54, 1.807) is 30.3 Å². The van der Waals surface area contributed by atoms with Gasteiger partial charge in [0, 0.05) is 17.1 Å². The number of Topliss-reactive ketones (excluding diaryl/α,β-unsaturated/α-hetero) is 1. The Balaban J connectivity index is 2.18. The molecule has 27 heavy (non-hydrogen) atoms. The standard InChI is InChI=1S/C21H20ClNO4/c1-2-3-10-23-18(13-6-5-9-16(24)12-13)17(20(26)21(23)27)19(25)14-7-4-8-15(22)11-14/h4-9,11-12,18,24-25H,2-3,10H2,1H3/b19-17-. The molecule has 0 bridgehead atoms. The predicted octanol–water partition coefficient (Wildman–Crippen LogP) is 4.27. The van der Waals surface area contributed by atoms with Crippen LogP contribution in [0.15, 0.2) is 54.1 Å². The summed E-state index contributed by atoms with van der Waals surface area (Å²) in [5.74, 6) is -1.64. The average molecular weight is 386 g/mol. The molecule has 5 nitrogen and oxygen atoms in total. The highest BCUT2D eigenvalue weighted by atomic mass is 35.5. The topological polar surface area (TPSA) is 77.8 Å². The SMILES string of the molecule is CCCCN1C(=O)C(=O)/C(=C(\O)c2cccc(Cl)c2)C1c1cccc(O)c1. The molecule has 1 heterocycles. The Hall–Kier alpha value is -2.79. The molecule has 0 aromatic heterocycles. The van der Waals surface area contributed by atoms with Crippen LogP contribution >= 0.6 is 11.6 Å². The summed E-state index contributed by atoms with van der Waals surface area (Å²) < 4.78 is 0. The Morgan fingerprint density at radius 3 is 2.56 bits per heavy atom. The third kappa shape index (κ3) is 3.69. The molecular weight excluding hydrogens is 366 g/mol. The first-order valence-corrected chi connectivity index (χ1v) is 9.15. The maximum Gasteiger partial charge on any atom is 0.295 e. The summed E-state index contributed by atoms with van der Waals surface area (Å²) in [5.41, 5.74) is 0.930. The number of amides is 1. The van der Waals surface area contributed by atoms with Crippen molar-refractivity contribution in [2.24, 2.45) is 0 Å². The molecule has 2 N–H and O–H groups in total. The molecule has 1 aliphatic heterocycles. The van der Waals surface area contributed by atoms with E-state index in [0.29, 0.717) is 22.7 Å². The molecule has 0 aliphatic carbocycles. The number of likely N-dealkylation sites (tertiary alicyclic amines) is 1. The van der Waals surface area contributed by atoms with Crippen LogP contribution in [0, 0.1) is 0 Å². The Morgan fingerprint density at radius 2 is 1.89 bits per heavy atom. The molecule has 6 heteroatoms. The zero-order valence-corrected chi connectivity index (χ0v) is 15.6. The molecule has 1 amide bonds. The highest BCUT2D eigenvalue weighted by Crippen LogP contribution is 2.40. The quantitative estimate of drug-likeness (QED) is 0.457. The van der Waals surface area contributed by atoms with E-state index in [-0.39, 0.29) is 17.1 Å². The van der Waals surface area contributed by atoms with Gasteiger partial charge in [-0.15, -0.1) is 0 Å². The fourth-order valence-electron chi connectivity index (χ4n) is 3.27. The Labute approximate surface area is 162 Å². The van der Waals surface area contributed by atoms with Gasteiger partial charge in [-0.1, -0.05) is 49.2 Å². The molecule has 140 valence electrons. The fraction of sp³-hybridized carbons (Fsp3) is 0.238. The molecular formula is C21H20ClNO4. The summed E-state index contributed by atoms with van der Waals surface area (Å²) >= 11 is 6.00. The highest BCUT2D eigenvalue weighted by Gasteiger charge is 2.45. The highest BCUT2D eigenvalue weighted by molar-refractivity contribution is 6.46. The number of benzene rings is 2. The number of carbonyl (C=O) groups is 2. The van der Waals surface area contributed by atoms with E-state index in [2.05, 4.69) is 0 Å². The number of aliphatic hydroxyl groups excluding tert-OH is 1. The van der Waals surface area contributed by atoms with Gasteiger partial charge in [-0.3, -0.25) is 9.59 Å². The number of aromatic hydroxyl groups is 1. The first-order chi connectivity index (χ1) is 12.9. The summed E-state index contributed by atoms with van der Waals surface area (Å²) in [4.78, 5) is 26.8. The first-order valence-electron chi connectivity index (χ1n) is 8.77. The van der Waals surface area contributed by atoms with E-state index in [9.17, 15) is 19.8 Å². The molecule has 0 saturated carbocycles. The van der Waals surface area contributed by atoms with Crippen LogP contribution in [0.5, 0.6) is 5.75 Å². The van der Waals surface area contributed by atoms with E-state index >= 15 is 0 Å². The van der Waals surface area contributed by atoms with E-state index in [0.717, 1.165) is 12.8 Å². The largest absolute Gasteiger partial charge is 0.508 e. The lowest BCUT2D eigenvalue weighted by Gasteiger charge is -2.25. The minimum atomic E-state index is -0.761. The van der Waals surface area contributed by atoms with E-state index in [1.807, 2.05) is 6.92 Å². The van der Waals surface area contributed by atoms with Crippen LogP contribution in [-0.4, -0.2) is 33.3 Å². The molecule has 0 spiro atoms. The van der Waals surface area contributed by atoms with Crippen LogP contribution in [0.2, 0.25) is 5.02 Å². The van der Waals surface area contributed by atoms with Crippen LogP contribution in [0.3, 0.4) is 0 Å². The van der Waals surface area contributed by atoms with E-state index in [4.69, 9.17) is 11.6 Å². The fourth-order valence-corrected chi connectivity index (χ4v) is 3.46. The van der Waals surface area contributed by atoms with Gasteiger partial charge in [0.05, 0.1) is 11.6 Å². The van der Waals surface area contributed by atoms with Gasteiger partial charge in [-0.05, 0) is 36.2 Å². The molecule has 2 aromatic carbocycles. The number of halogens is 1. The molecule has 2 aromatic rings. The molecule has 1 aliphatic rings. The zero-order valence-electron chi connectivity index (χ0n) is 14.9. The number of ketones is 1. The van der Waals surface area contributed by atoms with Crippen molar-refractivity contribution >= 4 is 29.1 Å². The average Bonchev–Trinajstić information content (AvgIpc) is 2.90.